The van der Waals surface area contributed by atoms with E-state index >= 15 is 0 Å². The molecule has 0 amide bonds. The molecule has 4 aromatic rings. The molecule has 0 spiro atoms. The van der Waals surface area contributed by atoms with Gasteiger partial charge in [-0.05, 0) is 18.2 Å². The average molecular weight is 334 g/mol. The first-order chi connectivity index (χ1) is 12.2. The first-order valence-electron chi connectivity index (χ1n) is 7.58. The van der Waals surface area contributed by atoms with Crippen molar-refractivity contribution in [3.63, 3.8) is 0 Å². The molecule has 0 aliphatic rings. The maximum atomic E-state index is 12.4. The summed E-state index contributed by atoms with van der Waals surface area (Å²) in [6.07, 6.45) is 6.33. The molecule has 0 aliphatic heterocycles. The van der Waals surface area contributed by atoms with Gasteiger partial charge in [0.25, 0.3) is 0 Å². The standard InChI is InChI=1S/C18H14N4O3/c1-24-14-7-8-21-16(11-19-17(21)9-14)18(23)25-15-10-20-22(12-15)13-5-3-2-4-6-13/h2-12H,1H3. The maximum Gasteiger partial charge on any atom is 0.362 e. The van der Waals surface area contributed by atoms with Gasteiger partial charge in [-0.25, -0.2) is 14.5 Å². The Labute approximate surface area is 143 Å². The topological polar surface area (TPSA) is 70.7 Å². The average Bonchev–Trinajstić information content (AvgIpc) is 3.28. The number of rotatable bonds is 4. The molecule has 0 N–H and O–H groups in total. The fourth-order valence-corrected chi connectivity index (χ4v) is 2.48. The number of pyridine rings is 1. The Morgan fingerprint density at radius 3 is 2.72 bits per heavy atom. The highest BCUT2D eigenvalue weighted by Crippen LogP contribution is 2.18. The molecule has 25 heavy (non-hydrogen) atoms. The lowest BCUT2D eigenvalue weighted by molar-refractivity contribution is 0.0727. The van der Waals surface area contributed by atoms with E-state index in [1.54, 1.807) is 40.7 Å². The van der Waals surface area contributed by atoms with Crippen molar-refractivity contribution in [3.8, 4) is 17.2 Å². The Bertz CT molecular complexity index is 1040. The second-order valence-corrected chi connectivity index (χ2v) is 5.28. The Balaban J connectivity index is 1.57. The minimum atomic E-state index is -0.509. The minimum absolute atomic E-state index is 0.324. The van der Waals surface area contributed by atoms with Crippen LogP contribution in [0.2, 0.25) is 0 Å². The quantitative estimate of drug-likeness (QED) is 0.537. The second kappa shape index (κ2) is 6.12. The molecule has 0 radical (unpaired) electrons. The number of hydrogen-bond donors (Lipinski definition) is 0. The van der Waals surface area contributed by atoms with E-state index in [1.165, 1.54) is 12.4 Å². The van der Waals surface area contributed by atoms with Crippen LogP contribution in [0.3, 0.4) is 0 Å². The second-order valence-electron chi connectivity index (χ2n) is 5.28. The molecule has 1 aromatic carbocycles. The maximum absolute atomic E-state index is 12.4. The molecule has 0 fully saturated rings. The number of nitrogens with zero attached hydrogens (tertiary/aromatic N) is 4. The number of carbonyl (C=O) groups excluding carboxylic acids is 1. The van der Waals surface area contributed by atoms with Crippen molar-refractivity contribution in [1.29, 1.82) is 0 Å². The largest absolute Gasteiger partial charge is 0.497 e. The predicted molar refractivity (Wildman–Crippen MR) is 90.3 cm³/mol. The van der Waals surface area contributed by atoms with E-state index in [9.17, 15) is 4.79 Å². The highest BCUT2D eigenvalue weighted by Gasteiger charge is 2.16. The summed E-state index contributed by atoms with van der Waals surface area (Å²) in [5, 5.41) is 4.21. The smallest absolute Gasteiger partial charge is 0.362 e. The Morgan fingerprint density at radius 2 is 1.92 bits per heavy atom. The van der Waals surface area contributed by atoms with Crippen molar-refractivity contribution in [2.24, 2.45) is 0 Å². The highest BCUT2D eigenvalue weighted by molar-refractivity contribution is 5.90. The van der Waals surface area contributed by atoms with Crippen LogP contribution < -0.4 is 9.47 Å². The van der Waals surface area contributed by atoms with Crippen LogP contribution in [0.15, 0.2) is 67.3 Å². The van der Waals surface area contributed by atoms with Gasteiger partial charge in [0.15, 0.2) is 11.4 Å². The molecule has 7 nitrogen and oxygen atoms in total. The molecular formula is C18H14N4O3. The van der Waals surface area contributed by atoms with Crippen molar-refractivity contribution >= 4 is 11.6 Å². The van der Waals surface area contributed by atoms with Crippen LogP contribution in [0, 0.1) is 0 Å². The summed E-state index contributed by atoms with van der Waals surface area (Å²) < 4.78 is 13.8. The van der Waals surface area contributed by atoms with Crippen molar-refractivity contribution in [2.75, 3.05) is 7.11 Å². The SMILES string of the molecule is COc1ccn2c(C(=O)Oc3cnn(-c4ccccc4)c3)cnc2c1. The number of benzene rings is 1. The molecule has 3 heterocycles. The van der Waals surface area contributed by atoms with Crippen LogP contribution in [0.5, 0.6) is 11.5 Å². The third-order valence-electron chi connectivity index (χ3n) is 3.72. The number of ether oxygens (including phenoxy) is 2. The molecule has 0 unspecified atom stereocenters. The van der Waals surface area contributed by atoms with Gasteiger partial charge in [0.2, 0.25) is 0 Å². The number of methoxy groups -OCH3 is 1. The van der Waals surface area contributed by atoms with Crippen LogP contribution in [0.4, 0.5) is 0 Å². The van der Waals surface area contributed by atoms with Gasteiger partial charge >= 0.3 is 5.97 Å². The molecule has 124 valence electrons. The van der Waals surface area contributed by atoms with E-state index in [0.29, 0.717) is 22.8 Å². The monoisotopic (exact) mass is 334 g/mol. The fraction of sp³-hybridized carbons (Fsp3) is 0.0556. The molecule has 0 saturated carbocycles. The molecule has 0 atom stereocenters. The van der Waals surface area contributed by atoms with Crippen LogP contribution in [0.25, 0.3) is 11.3 Å². The summed E-state index contributed by atoms with van der Waals surface area (Å²) in [4.78, 5) is 16.6. The minimum Gasteiger partial charge on any atom is -0.497 e. The Kier molecular flexibility index (Phi) is 3.66. The first kappa shape index (κ1) is 14.9. The molecule has 7 heteroatoms. The van der Waals surface area contributed by atoms with E-state index in [1.807, 2.05) is 30.3 Å². The molecule has 0 aliphatic carbocycles. The predicted octanol–water partition coefficient (Wildman–Crippen LogP) is 2.75. The van der Waals surface area contributed by atoms with Gasteiger partial charge in [-0.2, -0.15) is 5.10 Å². The van der Waals surface area contributed by atoms with Crippen molar-refractivity contribution in [2.45, 2.75) is 0 Å². The van der Waals surface area contributed by atoms with E-state index in [4.69, 9.17) is 9.47 Å². The number of imidazole rings is 1. The summed E-state index contributed by atoms with van der Waals surface area (Å²) in [6, 6.07) is 13.1. The van der Waals surface area contributed by atoms with Gasteiger partial charge in [0, 0.05) is 12.3 Å². The van der Waals surface area contributed by atoms with Gasteiger partial charge < -0.3 is 9.47 Å². The molecule has 0 saturated heterocycles. The number of esters is 1. The van der Waals surface area contributed by atoms with Crippen LogP contribution in [-0.2, 0) is 0 Å². The van der Waals surface area contributed by atoms with Gasteiger partial charge in [-0.3, -0.25) is 4.40 Å². The Hall–Kier alpha value is -3.61. The number of para-hydroxylation sites is 1. The number of aromatic nitrogens is 4. The number of fused-ring (bicyclic) bond motifs is 1. The van der Waals surface area contributed by atoms with Crippen molar-refractivity contribution < 1.29 is 14.3 Å². The zero-order valence-corrected chi connectivity index (χ0v) is 13.4. The van der Waals surface area contributed by atoms with Crippen LogP contribution in [-0.4, -0.2) is 32.2 Å². The first-order valence-corrected chi connectivity index (χ1v) is 7.58. The van der Waals surface area contributed by atoms with E-state index in [-0.39, 0.29) is 0 Å². The summed E-state index contributed by atoms with van der Waals surface area (Å²) in [5.74, 6) is 0.518. The van der Waals surface area contributed by atoms with E-state index < -0.39 is 5.97 Å². The summed E-state index contributed by atoms with van der Waals surface area (Å²) in [5.41, 5.74) is 1.81. The number of hydrogen-bond acceptors (Lipinski definition) is 5. The van der Waals surface area contributed by atoms with E-state index in [2.05, 4.69) is 10.1 Å². The van der Waals surface area contributed by atoms with Gasteiger partial charge in [-0.15, -0.1) is 0 Å². The van der Waals surface area contributed by atoms with Crippen LogP contribution in [0.1, 0.15) is 10.5 Å². The number of carbonyl (C=O) groups is 1. The summed E-state index contributed by atoms with van der Waals surface area (Å²) in [7, 11) is 1.58. The molecule has 3 aromatic heterocycles. The summed E-state index contributed by atoms with van der Waals surface area (Å²) in [6.45, 7) is 0. The fourth-order valence-electron chi connectivity index (χ4n) is 2.48. The van der Waals surface area contributed by atoms with Gasteiger partial charge in [-0.1, -0.05) is 18.2 Å². The van der Waals surface area contributed by atoms with Crippen LogP contribution >= 0.6 is 0 Å². The van der Waals surface area contributed by atoms with Gasteiger partial charge in [0.1, 0.15) is 11.4 Å². The van der Waals surface area contributed by atoms with Crippen molar-refractivity contribution in [1.82, 2.24) is 19.2 Å². The zero-order chi connectivity index (χ0) is 17.2. The Morgan fingerprint density at radius 1 is 1.08 bits per heavy atom. The molecule has 4 rings (SSSR count). The lowest BCUT2D eigenvalue weighted by Gasteiger charge is -2.03. The summed E-state index contributed by atoms with van der Waals surface area (Å²) >= 11 is 0. The lowest BCUT2D eigenvalue weighted by atomic mass is 10.3. The third-order valence-corrected chi connectivity index (χ3v) is 3.72. The molecular weight excluding hydrogens is 320 g/mol. The zero-order valence-electron chi connectivity index (χ0n) is 13.4. The molecule has 0 bridgehead atoms. The van der Waals surface area contributed by atoms with Crippen molar-refractivity contribution in [3.05, 3.63) is 72.9 Å². The normalized spacial score (nSPS) is 10.8. The van der Waals surface area contributed by atoms with Gasteiger partial charge in [0.05, 0.1) is 31.4 Å². The van der Waals surface area contributed by atoms with E-state index in [0.717, 1.165) is 5.69 Å². The highest BCUT2D eigenvalue weighted by atomic mass is 16.5. The lowest BCUT2D eigenvalue weighted by Crippen LogP contribution is -2.11. The third kappa shape index (κ3) is 2.83.